The van der Waals surface area contributed by atoms with Crippen molar-refractivity contribution in [2.24, 2.45) is 0 Å². The molecule has 2 rings (SSSR count). The van der Waals surface area contributed by atoms with E-state index < -0.39 is 0 Å². The molecule has 0 unspecified atom stereocenters. The van der Waals surface area contributed by atoms with Crippen molar-refractivity contribution in [1.82, 2.24) is 4.90 Å². The minimum absolute atomic E-state index is 0.229. The lowest BCUT2D eigenvalue weighted by molar-refractivity contribution is 0.262. The fourth-order valence-corrected chi connectivity index (χ4v) is 2.52. The summed E-state index contributed by atoms with van der Waals surface area (Å²) < 4.78 is 12.8. The summed E-state index contributed by atoms with van der Waals surface area (Å²) in [6.45, 7) is 3.20. The summed E-state index contributed by atoms with van der Waals surface area (Å²) >= 11 is 5.39. The van der Waals surface area contributed by atoms with E-state index in [4.69, 9.17) is 12.2 Å². The van der Waals surface area contributed by atoms with Gasteiger partial charge in [0.2, 0.25) is 0 Å². The summed E-state index contributed by atoms with van der Waals surface area (Å²) in [5.74, 6) is -0.229. The third-order valence-electron chi connectivity index (χ3n) is 3.16. The molecule has 1 aliphatic rings. The third kappa shape index (κ3) is 3.16. The molecule has 0 aliphatic carbocycles. The summed E-state index contributed by atoms with van der Waals surface area (Å²) in [7, 11) is 0. The average Bonchev–Trinajstić information content (AvgIpc) is 2.32. The predicted octanol–water partition coefficient (Wildman–Crippen LogP) is 3.40. The molecule has 2 nitrogen and oxygen atoms in total. The second kappa shape index (κ2) is 5.45. The zero-order valence-corrected chi connectivity index (χ0v) is 10.8. The lowest BCUT2D eigenvalue weighted by Gasteiger charge is -2.35. The number of anilines is 1. The Hall–Kier alpha value is -1.16. The van der Waals surface area contributed by atoms with Crippen molar-refractivity contribution < 1.29 is 4.39 Å². The van der Waals surface area contributed by atoms with Gasteiger partial charge in [0, 0.05) is 18.3 Å². The van der Waals surface area contributed by atoms with Gasteiger partial charge >= 0.3 is 0 Å². The molecule has 1 aliphatic heterocycles. The highest BCUT2D eigenvalue weighted by Gasteiger charge is 2.20. The molecule has 0 amide bonds. The summed E-state index contributed by atoms with van der Waals surface area (Å²) in [5, 5.41) is 3.90. The van der Waals surface area contributed by atoms with Gasteiger partial charge in [0.1, 0.15) is 5.82 Å². The van der Waals surface area contributed by atoms with Crippen LogP contribution in [0.2, 0.25) is 0 Å². The number of hydrogen-bond acceptors (Lipinski definition) is 1. The van der Waals surface area contributed by atoms with Crippen LogP contribution in [0, 0.1) is 5.82 Å². The average molecular weight is 252 g/mol. The van der Waals surface area contributed by atoms with E-state index in [-0.39, 0.29) is 5.82 Å². The zero-order valence-electron chi connectivity index (χ0n) is 9.95. The molecule has 0 spiro atoms. The summed E-state index contributed by atoms with van der Waals surface area (Å²) in [6.07, 6.45) is 3.65. The molecule has 1 aromatic rings. The minimum atomic E-state index is -0.229. The Morgan fingerprint density at radius 2 is 2.06 bits per heavy atom. The Labute approximate surface area is 107 Å². The maximum Gasteiger partial charge on any atom is 0.173 e. The Morgan fingerprint density at radius 1 is 1.35 bits per heavy atom. The van der Waals surface area contributed by atoms with Gasteiger partial charge in [-0.1, -0.05) is 0 Å². The van der Waals surface area contributed by atoms with Gasteiger partial charge in [0.25, 0.3) is 0 Å². The van der Waals surface area contributed by atoms with E-state index in [9.17, 15) is 4.39 Å². The van der Waals surface area contributed by atoms with Crippen molar-refractivity contribution >= 4 is 23.0 Å². The highest BCUT2D eigenvalue weighted by molar-refractivity contribution is 7.80. The minimum Gasteiger partial charge on any atom is -0.346 e. The normalized spacial score (nSPS) is 20.1. The summed E-state index contributed by atoms with van der Waals surface area (Å²) in [5.41, 5.74) is 0.842. The van der Waals surface area contributed by atoms with Gasteiger partial charge in [0.15, 0.2) is 5.11 Å². The van der Waals surface area contributed by atoms with E-state index in [2.05, 4.69) is 17.1 Å². The van der Waals surface area contributed by atoms with Crippen LogP contribution in [0.25, 0.3) is 0 Å². The molecule has 1 heterocycles. The lowest BCUT2D eigenvalue weighted by atomic mass is 10.0. The van der Waals surface area contributed by atoms with Gasteiger partial charge in [-0.25, -0.2) is 4.39 Å². The second-order valence-electron chi connectivity index (χ2n) is 4.48. The monoisotopic (exact) mass is 252 g/mol. The van der Waals surface area contributed by atoms with Crippen molar-refractivity contribution in [3.8, 4) is 0 Å². The largest absolute Gasteiger partial charge is 0.346 e. The number of halogens is 1. The van der Waals surface area contributed by atoms with Crippen LogP contribution in [0.3, 0.4) is 0 Å². The van der Waals surface area contributed by atoms with Crippen LogP contribution in [0.1, 0.15) is 26.2 Å². The maximum absolute atomic E-state index is 12.8. The number of benzene rings is 1. The third-order valence-corrected chi connectivity index (χ3v) is 3.50. The number of likely N-dealkylation sites (tertiary alicyclic amines) is 1. The first-order chi connectivity index (χ1) is 8.16. The van der Waals surface area contributed by atoms with Crippen LogP contribution in [-0.2, 0) is 0 Å². The molecule has 0 radical (unpaired) electrons. The van der Waals surface area contributed by atoms with Crippen LogP contribution >= 0.6 is 12.2 Å². The first-order valence-corrected chi connectivity index (χ1v) is 6.41. The second-order valence-corrected chi connectivity index (χ2v) is 4.86. The number of nitrogens with one attached hydrogen (secondary N) is 1. The van der Waals surface area contributed by atoms with Crippen LogP contribution in [0.5, 0.6) is 0 Å². The molecule has 1 atom stereocenters. The molecular formula is C13H17FN2S. The van der Waals surface area contributed by atoms with Crippen LogP contribution < -0.4 is 5.32 Å². The smallest absolute Gasteiger partial charge is 0.173 e. The fraction of sp³-hybridized carbons (Fsp3) is 0.462. The SMILES string of the molecule is C[C@@H]1CCCCN1C(=S)Nc1ccc(F)cc1. The molecule has 92 valence electrons. The van der Waals surface area contributed by atoms with Gasteiger partial charge in [-0.3, -0.25) is 0 Å². The highest BCUT2D eigenvalue weighted by Crippen LogP contribution is 2.18. The predicted molar refractivity (Wildman–Crippen MR) is 72.6 cm³/mol. The fourth-order valence-electron chi connectivity index (χ4n) is 2.13. The number of rotatable bonds is 1. The standard InChI is InChI=1S/C13H17FN2S/c1-10-4-2-3-9-16(10)13(17)15-12-7-5-11(14)6-8-12/h5-8,10H,2-4,9H2,1H3,(H,15,17)/t10-/m1/s1. The Bertz CT molecular complexity index is 391. The Balaban J connectivity index is 1.98. The van der Waals surface area contributed by atoms with Crippen LogP contribution in [0.15, 0.2) is 24.3 Å². The van der Waals surface area contributed by atoms with E-state index in [0.29, 0.717) is 6.04 Å². The summed E-state index contributed by atoms with van der Waals surface area (Å²) in [4.78, 5) is 2.21. The van der Waals surface area contributed by atoms with E-state index in [1.807, 2.05) is 0 Å². The van der Waals surface area contributed by atoms with Gasteiger partial charge in [-0.05, 0) is 62.7 Å². The lowest BCUT2D eigenvalue weighted by Crippen LogP contribution is -2.44. The number of piperidine rings is 1. The first kappa shape index (κ1) is 12.3. The zero-order chi connectivity index (χ0) is 12.3. The molecule has 1 N–H and O–H groups in total. The van der Waals surface area contributed by atoms with Gasteiger partial charge in [0.05, 0.1) is 0 Å². The molecule has 17 heavy (non-hydrogen) atoms. The van der Waals surface area contributed by atoms with E-state index >= 15 is 0 Å². The molecule has 0 saturated carbocycles. The van der Waals surface area contributed by atoms with Crippen LogP contribution in [-0.4, -0.2) is 22.6 Å². The van der Waals surface area contributed by atoms with Crippen molar-refractivity contribution in [3.05, 3.63) is 30.1 Å². The number of hydrogen-bond donors (Lipinski definition) is 1. The topological polar surface area (TPSA) is 15.3 Å². The van der Waals surface area contributed by atoms with E-state index in [1.165, 1.54) is 31.4 Å². The van der Waals surface area contributed by atoms with Gasteiger partial charge in [-0.15, -0.1) is 0 Å². The molecule has 0 bridgehead atoms. The van der Waals surface area contributed by atoms with Crippen molar-refractivity contribution in [2.45, 2.75) is 32.2 Å². The van der Waals surface area contributed by atoms with Crippen molar-refractivity contribution in [3.63, 3.8) is 0 Å². The van der Waals surface area contributed by atoms with Gasteiger partial charge < -0.3 is 10.2 Å². The molecule has 1 saturated heterocycles. The maximum atomic E-state index is 12.8. The van der Waals surface area contributed by atoms with Crippen LogP contribution in [0.4, 0.5) is 10.1 Å². The molecular weight excluding hydrogens is 235 g/mol. The van der Waals surface area contributed by atoms with Crippen molar-refractivity contribution in [1.29, 1.82) is 0 Å². The summed E-state index contributed by atoms with van der Waals surface area (Å²) in [6, 6.07) is 6.77. The van der Waals surface area contributed by atoms with E-state index in [1.54, 1.807) is 12.1 Å². The first-order valence-electron chi connectivity index (χ1n) is 6.00. The molecule has 4 heteroatoms. The highest BCUT2D eigenvalue weighted by atomic mass is 32.1. The van der Waals surface area contributed by atoms with Crippen molar-refractivity contribution in [2.75, 3.05) is 11.9 Å². The quantitative estimate of drug-likeness (QED) is 0.771. The Morgan fingerprint density at radius 3 is 2.71 bits per heavy atom. The van der Waals surface area contributed by atoms with Gasteiger partial charge in [-0.2, -0.15) is 0 Å². The number of nitrogens with zero attached hydrogens (tertiary/aromatic N) is 1. The molecule has 1 fully saturated rings. The molecule has 0 aromatic heterocycles. The molecule has 1 aromatic carbocycles. The Kier molecular flexibility index (Phi) is 3.94. The van der Waals surface area contributed by atoms with E-state index in [0.717, 1.165) is 17.3 Å². The number of thiocarbonyl (C=S) groups is 1.